The van der Waals surface area contributed by atoms with Crippen LogP contribution in [0.4, 0.5) is 0 Å². The standard InChI is InChI=1S/C13H21N3O/c1-10-7-15-13(17-10)9-16(12-4-5-12)8-11-3-2-6-14-11/h7,11-12,14H,2-6,8-9H2,1H3/t11-/m0/s1. The van der Waals surface area contributed by atoms with Crippen molar-refractivity contribution in [3.05, 3.63) is 17.8 Å². The summed E-state index contributed by atoms with van der Waals surface area (Å²) in [5.41, 5.74) is 0. The van der Waals surface area contributed by atoms with Gasteiger partial charge in [-0.3, -0.25) is 4.90 Å². The molecular weight excluding hydrogens is 214 g/mol. The van der Waals surface area contributed by atoms with Crippen LogP contribution in [-0.4, -0.2) is 35.1 Å². The summed E-state index contributed by atoms with van der Waals surface area (Å²) in [6.45, 7) is 5.15. The highest BCUT2D eigenvalue weighted by Crippen LogP contribution is 2.29. The lowest BCUT2D eigenvalue weighted by molar-refractivity contribution is 0.208. The number of hydrogen-bond donors (Lipinski definition) is 1. The highest BCUT2D eigenvalue weighted by molar-refractivity contribution is 4.94. The van der Waals surface area contributed by atoms with Crippen LogP contribution in [0.1, 0.15) is 37.3 Å². The smallest absolute Gasteiger partial charge is 0.208 e. The molecule has 1 saturated carbocycles. The summed E-state index contributed by atoms with van der Waals surface area (Å²) in [7, 11) is 0. The fourth-order valence-corrected chi connectivity index (χ4v) is 2.63. The molecular formula is C13H21N3O. The third kappa shape index (κ3) is 2.87. The van der Waals surface area contributed by atoms with E-state index in [2.05, 4.69) is 15.2 Å². The van der Waals surface area contributed by atoms with Crippen molar-refractivity contribution < 1.29 is 4.42 Å². The molecule has 0 radical (unpaired) electrons. The molecule has 0 aromatic carbocycles. The van der Waals surface area contributed by atoms with Gasteiger partial charge in [-0.15, -0.1) is 0 Å². The van der Waals surface area contributed by atoms with Crippen molar-refractivity contribution in [2.75, 3.05) is 13.1 Å². The van der Waals surface area contributed by atoms with Gasteiger partial charge in [-0.05, 0) is 39.2 Å². The van der Waals surface area contributed by atoms with Gasteiger partial charge < -0.3 is 9.73 Å². The van der Waals surface area contributed by atoms with Crippen LogP contribution < -0.4 is 5.32 Å². The van der Waals surface area contributed by atoms with E-state index in [0.717, 1.165) is 30.8 Å². The van der Waals surface area contributed by atoms with Gasteiger partial charge >= 0.3 is 0 Å². The molecule has 2 heterocycles. The lowest BCUT2D eigenvalue weighted by Crippen LogP contribution is -2.38. The summed E-state index contributed by atoms with van der Waals surface area (Å²) in [6, 6.07) is 1.44. The molecule has 0 bridgehead atoms. The molecule has 2 aliphatic rings. The van der Waals surface area contributed by atoms with E-state index in [1.807, 2.05) is 13.1 Å². The van der Waals surface area contributed by atoms with E-state index in [1.54, 1.807) is 0 Å². The molecule has 4 nitrogen and oxygen atoms in total. The maximum absolute atomic E-state index is 5.58. The zero-order valence-corrected chi connectivity index (χ0v) is 10.5. The second-order valence-corrected chi connectivity index (χ2v) is 5.32. The van der Waals surface area contributed by atoms with Crippen LogP contribution in [0.25, 0.3) is 0 Å². The summed E-state index contributed by atoms with van der Waals surface area (Å²) in [5, 5.41) is 3.57. The number of nitrogens with zero attached hydrogens (tertiary/aromatic N) is 2. The number of nitrogens with one attached hydrogen (secondary N) is 1. The summed E-state index contributed by atoms with van der Waals surface area (Å²) < 4.78 is 5.58. The molecule has 1 aliphatic carbocycles. The molecule has 0 spiro atoms. The molecule has 94 valence electrons. The Labute approximate surface area is 102 Å². The van der Waals surface area contributed by atoms with Crippen molar-refractivity contribution in [3.63, 3.8) is 0 Å². The molecule has 4 heteroatoms. The predicted molar refractivity (Wildman–Crippen MR) is 65.7 cm³/mol. The molecule has 0 unspecified atom stereocenters. The Morgan fingerprint density at radius 1 is 1.47 bits per heavy atom. The number of hydrogen-bond acceptors (Lipinski definition) is 4. The minimum absolute atomic E-state index is 0.673. The Hall–Kier alpha value is -0.870. The molecule has 2 fully saturated rings. The Morgan fingerprint density at radius 3 is 2.94 bits per heavy atom. The monoisotopic (exact) mass is 235 g/mol. The Morgan fingerprint density at radius 2 is 2.35 bits per heavy atom. The first-order valence-corrected chi connectivity index (χ1v) is 6.70. The second kappa shape index (κ2) is 4.78. The average molecular weight is 235 g/mol. The topological polar surface area (TPSA) is 41.3 Å². The SMILES string of the molecule is Cc1cnc(CN(C[C@@H]2CCCN2)C2CC2)o1. The zero-order chi connectivity index (χ0) is 11.7. The second-order valence-electron chi connectivity index (χ2n) is 5.32. The van der Waals surface area contributed by atoms with Crippen molar-refractivity contribution in [2.45, 2.75) is 51.2 Å². The Bertz CT molecular complexity index is 366. The first-order chi connectivity index (χ1) is 8.31. The third-order valence-corrected chi connectivity index (χ3v) is 3.69. The normalized spacial score (nSPS) is 24.7. The Balaban J connectivity index is 1.59. The van der Waals surface area contributed by atoms with Gasteiger partial charge in [0.15, 0.2) is 0 Å². The molecule has 1 saturated heterocycles. The fraction of sp³-hybridized carbons (Fsp3) is 0.769. The van der Waals surface area contributed by atoms with Crippen molar-refractivity contribution in [1.82, 2.24) is 15.2 Å². The Kier molecular flexibility index (Phi) is 3.16. The number of aryl methyl sites for hydroxylation is 1. The molecule has 0 amide bonds. The van der Waals surface area contributed by atoms with Gasteiger partial charge in [-0.1, -0.05) is 0 Å². The maximum Gasteiger partial charge on any atom is 0.208 e. The summed E-state index contributed by atoms with van der Waals surface area (Å²) >= 11 is 0. The van der Waals surface area contributed by atoms with Crippen molar-refractivity contribution >= 4 is 0 Å². The molecule has 1 aromatic rings. The van der Waals surface area contributed by atoms with Crippen molar-refractivity contribution in [1.29, 1.82) is 0 Å². The van der Waals surface area contributed by atoms with Crippen LogP contribution in [0.3, 0.4) is 0 Å². The third-order valence-electron chi connectivity index (χ3n) is 3.69. The average Bonchev–Trinajstić information content (AvgIpc) is 2.89. The summed E-state index contributed by atoms with van der Waals surface area (Å²) in [5.74, 6) is 1.78. The highest BCUT2D eigenvalue weighted by Gasteiger charge is 2.32. The first-order valence-electron chi connectivity index (χ1n) is 6.70. The van der Waals surface area contributed by atoms with Gasteiger partial charge in [-0.25, -0.2) is 4.98 Å². The van der Waals surface area contributed by atoms with Crippen LogP contribution in [0.2, 0.25) is 0 Å². The van der Waals surface area contributed by atoms with Crippen LogP contribution in [0.5, 0.6) is 0 Å². The summed E-state index contributed by atoms with van der Waals surface area (Å²) in [4.78, 5) is 6.85. The van der Waals surface area contributed by atoms with Gasteiger partial charge in [0, 0.05) is 18.6 Å². The molecule has 1 aromatic heterocycles. The van der Waals surface area contributed by atoms with Crippen LogP contribution in [0, 0.1) is 6.92 Å². The zero-order valence-electron chi connectivity index (χ0n) is 10.5. The molecule has 1 aliphatic heterocycles. The van der Waals surface area contributed by atoms with Gasteiger partial charge in [0.1, 0.15) is 5.76 Å². The number of aromatic nitrogens is 1. The lowest BCUT2D eigenvalue weighted by Gasteiger charge is -2.24. The fourth-order valence-electron chi connectivity index (χ4n) is 2.63. The quantitative estimate of drug-likeness (QED) is 0.843. The van der Waals surface area contributed by atoms with E-state index in [9.17, 15) is 0 Å². The van der Waals surface area contributed by atoms with Gasteiger partial charge in [0.05, 0.1) is 12.7 Å². The van der Waals surface area contributed by atoms with Gasteiger partial charge in [-0.2, -0.15) is 0 Å². The molecule has 17 heavy (non-hydrogen) atoms. The maximum atomic E-state index is 5.58. The largest absolute Gasteiger partial charge is 0.445 e. The van der Waals surface area contributed by atoms with E-state index in [4.69, 9.17) is 4.42 Å². The van der Waals surface area contributed by atoms with E-state index >= 15 is 0 Å². The van der Waals surface area contributed by atoms with Crippen LogP contribution in [-0.2, 0) is 6.54 Å². The van der Waals surface area contributed by atoms with Crippen LogP contribution >= 0.6 is 0 Å². The molecule has 1 N–H and O–H groups in total. The molecule has 3 rings (SSSR count). The van der Waals surface area contributed by atoms with Gasteiger partial charge in [0.25, 0.3) is 0 Å². The van der Waals surface area contributed by atoms with Crippen molar-refractivity contribution in [3.8, 4) is 0 Å². The molecule has 1 atom stereocenters. The predicted octanol–water partition coefficient (Wildman–Crippen LogP) is 1.70. The van der Waals surface area contributed by atoms with Crippen LogP contribution in [0.15, 0.2) is 10.6 Å². The van der Waals surface area contributed by atoms with E-state index < -0.39 is 0 Å². The van der Waals surface area contributed by atoms with E-state index in [-0.39, 0.29) is 0 Å². The minimum atomic E-state index is 0.673. The van der Waals surface area contributed by atoms with Gasteiger partial charge in [0.2, 0.25) is 5.89 Å². The van der Waals surface area contributed by atoms with E-state index in [0.29, 0.717) is 6.04 Å². The first kappa shape index (κ1) is 11.2. The van der Waals surface area contributed by atoms with E-state index in [1.165, 1.54) is 32.2 Å². The lowest BCUT2D eigenvalue weighted by atomic mass is 10.2. The minimum Gasteiger partial charge on any atom is -0.445 e. The summed E-state index contributed by atoms with van der Waals surface area (Å²) in [6.07, 6.45) is 7.13. The number of oxazole rings is 1. The highest BCUT2D eigenvalue weighted by atomic mass is 16.4. The number of rotatable bonds is 5. The van der Waals surface area contributed by atoms with Crippen molar-refractivity contribution in [2.24, 2.45) is 0 Å².